The molecule has 0 aromatic carbocycles. The lowest BCUT2D eigenvalue weighted by atomic mass is 10.2. The summed E-state index contributed by atoms with van der Waals surface area (Å²) >= 11 is 0. The van der Waals surface area contributed by atoms with Crippen molar-refractivity contribution < 1.29 is 24.2 Å². The Bertz CT molecular complexity index is 314. The molecular formula is C11H16O5. The first-order valence-electron chi connectivity index (χ1n) is 4.94. The number of ether oxygens (including phenoxy) is 2. The summed E-state index contributed by atoms with van der Waals surface area (Å²) in [5.74, 6) is -1.85. The second kappa shape index (κ2) is 7.50. The minimum Gasteiger partial charge on any atom is -0.502 e. The Balaban J connectivity index is 4.52. The van der Waals surface area contributed by atoms with Crippen molar-refractivity contribution >= 4 is 11.9 Å². The van der Waals surface area contributed by atoms with E-state index < -0.39 is 17.7 Å². The zero-order valence-corrected chi connectivity index (χ0v) is 9.65. The molecule has 0 heterocycles. The van der Waals surface area contributed by atoms with Crippen molar-refractivity contribution in [1.29, 1.82) is 0 Å². The fraction of sp³-hybridized carbons (Fsp3) is 0.455. The number of carbonyl (C=O) groups is 2. The van der Waals surface area contributed by atoms with Crippen LogP contribution >= 0.6 is 0 Å². The minimum atomic E-state index is -0.812. The van der Waals surface area contributed by atoms with Crippen molar-refractivity contribution in [2.45, 2.75) is 20.8 Å². The molecule has 16 heavy (non-hydrogen) atoms. The predicted octanol–water partition coefficient (Wildman–Crippen LogP) is 1.50. The highest BCUT2D eigenvalue weighted by atomic mass is 16.5. The quantitative estimate of drug-likeness (QED) is 0.334. The van der Waals surface area contributed by atoms with Crippen LogP contribution in [0, 0.1) is 0 Å². The van der Waals surface area contributed by atoms with E-state index in [1.54, 1.807) is 13.8 Å². The van der Waals surface area contributed by atoms with Gasteiger partial charge in [-0.2, -0.15) is 0 Å². The third-order valence-corrected chi connectivity index (χ3v) is 1.60. The molecule has 0 fully saturated rings. The zero-order valence-electron chi connectivity index (χ0n) is 9.65. The molecule has 0 aliphatic heterocycles. The Kier molecular flexibility index (Phi) is 6.67. The number of esters is 2. The summed E-state index contributed by atoms with van der Waals surface area (Å²) < 4.78 is 9.22. The lowest BCUT2D eigenvalue weighted by Gasteiger charge is -2.02. The molecule has 0 saturated carbocycles. The summed E-state index contributed by atoms with van der Waals surface area (Å²) in [4.78, 5) is 22.0. The first-order valence-corrected chi connectivity index (χ1v) is 4.94. The molecule has 0 radical (unpaired) electrons. The van der Waals surface area contributed by atoms with Crippen molar-refractivity contribution in [3.05, 3.63) is 23.5 Å². The van der Waals surface area contributed by atoms with Crippen molar-refractivity contribution in [3.8, 4) is 0 Å². The van der Waals surface area contributed by atoms with E-state index in [-0.39, 0.29) is 18.8 Å². The first-order chi connectivity index (χ1) is 7.52. The Labute approximate surface area is 94.4 Å². The summed E-state index contributed by atoms with van der Waals surface area (Å²) in [7, 11) is 0. The molecule has 0 aliphatic rings. The highest BCUT2D eigenvalue weighted by Gasteiger charge is 2.10. The van der Waals surface area contributed by atoms with Crippen LogP contribution in [0.15, 0.2) is 23.5 Å². The van der Waals surface area contributed by atoms with Crippen molar-refractivity contribution in [3.63, 3.8) is 0 Å². The number of hydrogen-bond acceptors (Lipinski definition) is 5. The van der Waals surface area contributed by atoms with E-state index in [2.05, 4.69) is 9.47 Å². The summed E-state index contributed by atoms with van der Waals surface area (Å²) in [6.07, 6.45) is 2.43. The van der Waals surface area contributed by atoms with Crippen LogP contribution in [0.25, 0.3) is 0 Å². The second-order valence-corrected chi connectivity index (χ2v) is 2.84. The largest absolute Gasteiger partial charge is 0.502 e. The lowest BCUT2D eigenvalue weighted by molar-refractivity contribution is -0.141. The van der Waals surface area contributed by atoms with Gasteiger partial charge in [0, 0.05) is 6.08 Å². The van der Waals surface area contributed by atoms with Gasteiger partial charge in [-0.1, -0.05) is 0 Å². The summed E-state index contributed by atoms with van der Waals surface area (Å²) in [6, 6.07) is 0. The average Bonchev–Trinajstić information content (AvgIpc) is 2.25. The smallest absolute Gasteiger partial charge is 0.373 e. The number of aliphatic hydroxyl groups is 1. The van der Waals surface area contributed by atoms with Gasteiger partial charge in [0.1, 0.15) is 0 Å². The number of hydrogen-bond donors (Lipinski definition) is 1. The second-order valence-electron chi connectivity index (χ2n) is 2.84. The molecular weight excluding hydrogens is 212 g/mol. The Morgan fingerprint density at radius 2 is 1.69 bits per heavy atom. The molecule has 5 heteroatoms. The van der Waals surface area contributed by atoms with Crippen LogP contribution in [0.5, 0.6) is 0 Å². The third-order valence-electron chi connectivity index (χ3n) is 1.60. The van der Waals surface area contributed by atoms with Crippen molar-refractivity contribution in [2.75, 3.05) is 13.2 Å². The molecule has 5 nitrogen and oxygen atoms in total. The van der Waals surface area contributed by atoms with Gasteiger partial charge in [-0.25, -0.2) is 9.59 Å². The van der Waals surface area contributed by atoms with Gasteiger partial charge in [0.15, 0.2) is 0 Å². The monoisotopic (exact) mass is 228 g/mol. The predicted molar refractivity (Wildman–Crippen MR) is 57.7 cm³/mol. The number of aliphatic hydroxyl groups excluding tert-OH is 1. The van der Waals surface area contributed by atoms with Gasteiger partial charge in [-0.05, 0) is 32.4 Å². The molecule has 1 N–H and O–H groups in total. The van der Waals surface area contributed by atoms with E-state index in [9.17, 15) is 14.7 Å². The summed E-state index contributed by atoms with van der Waals surface area (Å²) in [5.41, 5.74) is 0.242. The van der Waals surface area contributed by atoms with E-state index in [1.165, 1.54) is 13.0 Å². The molecule has 0 saturated heterocycles. The van der Waals surface area contributed by atoms with Gasteiger partial charge in [0.2, 0.25) is 5.76 Å². The normalized spacial score (nSPS) is 12.2. The number of rotatable bonds is 5. The van der Waals surface area contributed by atoms with E-state index in [4.69, 9.17) is 0 Å². The van der Waals surface area contributed by atoms with Crippen LogP contribution in [0.3, 0.4) is 0 Å². The molecule has 0 aromatic rings. The van der Waals surface area contributed by atoms with Crippen LogP contribution in [0.2, 0.25) is 0 Å². The summed E-state index contributed by atoms with van der Waals surface area (Å²) in [5, 5.41) is 9.36. The maximum atomic E-state index is 11.1. The highest BCUT2D eigenvalue weighted by molar-refractivity contribution is 5.88. The molecule has 0 amide bonds. The molecule has 0 bridgehead atoms. The van der Waals surface area contributed by atoms with E-state index in [0.29, 0.717) is 0 Å². The Hall–Kier alpha value is -1.78. The fourth-order valence-electron chi connectivity index (χ4n) is 0.823. The standard InChI is InChI=1S/C11H16O5/c1-4-15-9(12)7-6-8(3)10(13)11(14)16-5-2/h6-7,13H,4-5H2,1-3H3/b7-6-,10-8-. The first kappa shape index (κ1) is 14.2. The van der Waals surface area contributed by atoms with Gasteiger partial charge >= 0.3 is 11.9 Å². The maximum absolute atomic E-state index is 11.1. The van der Waals surface area contributed by atoms with Crippen LogP contribution in [-0.2, 0) is 19.1 Å². The van der Waals surface area contributed by atoms with Gasteiger partial charge in [-0.3, -0.25) is 0 Å². The van der Waals surface area contributed by atoms with Crippen molar-refractivity contribution in [2.24, 2.45) is 0 Å². The topological polar surface area (TPSA) is 72.8 Å². The van der Waals surface area contributed by atoms with Gasteiger partial charge < -0.3 is 14.6 Å². The fourth-order valence-corrected chi connectivity index (χ4v) is 0.823. The minimum absolute atomic E-state index is 0.178. The molecule has 0 unspecified atom stereocenters. The van der Waals surface area contributed by atoms with E-state index in [0.717, 1.165) is 6.08 Å². The Morgan fingerprint density at radius 3 is 2.19 bits per heavy atom. The van der Waals surface area contributed by atoms with Crippen LogP contribution in [0.1, 0.15) is 20.8 Å². The van der Waals surface area contributed by atoms with Gasteiger partial charge in [-0.15, -0.1) is 0 Å². The van der Waals surface area contributed by atoms with E-state index >= 15 is 0 Å². The van der Waals surface area contributed by atoms with Gasteiger partial charge in [0.05, 0.1) is 13.2 Å². The Morgan fingerprint density at radius 1 is 1.12 bits per heavy atom. The SMILES string of the molecule is CCOC(=O)/C=C\C(C)=C(/O)C(=O)OCC. The third kappa shape index (κ3) is 5.19. The number of allylic oxidation sites excluding steroid dienone is 2. The molecule has 0 rings (SSSR count). The lowest BCUT2D eigenvalue weighted by Crippen LogP contribution is -2.08. The number of carbonyl (C=O) groups excluding carboxylic acids is 2. The van der Waals surface area contributed by atoms with Crippen molar-refractivity contribution in [1.82, 2.24) is 0 Å². The molecule has 0 atom stereocenters. The zero-order chi connectivity index (χ0) is 12.6. The molecule has 0 aromatic heterocycles. The average molecular weight is 228 g/mol. The van der Waals surface area contributed by atoms with E-state index in [1.807, 2.05) is 0 Å². The van der Waals surface area contributed by atoms with Crippen LogP contribution in [-0.4, -0.2) is 30.3 Å². The van der Waals surface area contributed by atoms with Crippen LogP contribution in [0.4, 0.5) is 0 Å². The maximum Gasteiger partial charge on any atom is 0.373 e. The molecule has 0 spiro atoms. The highest BCUT2D eigenvalue weighted by Crippen LogP contribution is 2.04. The van der Waals surface area contributed by atoms with Crippen LogP contribution < -0.4 is 0 Å². The molecule has 0 aliphatic carbocycles. The van der Waals surface area contributed by atoms with Gasteiger partial charge in [0.25, 0.3) is 0 Å². The summed E-state index contributed by atoms with van der Waals surface area (Å²) in [6.45, 7) is 5.26. The molecule has 90 valence electrons.